The first-order chi connectivity index (χ1) is 37.3. The van der Waals surface area contributed by atoms with Crippen LogP contribution in [0.4, 0.5) is 0 Å². The van der Waals surface area contributed by atoms with Gasteiger partial charge in [0.15, 0.2) is 6.29 Å². The average Bonchev–Trinajstić information content (AvgIpc) is 3.42. The lowest BCUT2D eigenvalue weighted by molar-refractivity contribution is -0.302. The summed E-state index contributed by atoms with van der Waals surface area (Å²) in [6.07, 6.45) is 65.6. The highest BCUT2D eigenvalue weighted by Gasteiger charge is 2.44. The fraction of sp³-hybridized carbons (Fsp3) is 0.955. The molecule has 7 unspecified atom stereocenters. The molecule has 452 valence electrons. The minimum absolute atomic E-state index is 0.133. The van der Waals surface area contributed by atoms with Crippen molar-refractivity contribution in [2.24, 2.45) is 0 Å². The van der Waals surface area contributed by atoms with Crippen molar-refractivity contribution in [1.29, 1.82) is 0 Å². The number of amides is 1. The first kappa shape index (κ1) is 72.9. The summed E-state index contributed by atoms with van der Waals surface area (Å²) in [6, 6.07) is -0.717. The molecular formula is C67H131NO8. The lowest BCUT2D eigenvalue weighted by atomic mass is 9.99. The smallest absolute Gasteiger partial charge is 0.220 e. The van der Waals surface area contributed by atoms with Crippen LogP contribution < -0.4 is 5.32 Å². The number of aliphatic hydroxyl groups excluding tert-OH is 5. The van der Waals surface area contributed by atoms with Gasteiger partial charge in [-0.05, 0) is 38.5 Å². The number of carbonyl (C=O) groups is 1. The Morgan fingerprint density at radius 1 is 0.434 bits per heavy atom. The molecule has 1 aliphatic heterocycles. The van der Waals surface area contributed by atoms with E-state index in [0.717, 1.165) is 38.5 Å². The molecule has 9 heteroatoms. The summed E-state index contributed by atoms with van der Waals surface area (Å²) in [7, 11) is 0. The molecule has 0 bridgehead atoms. The zero-order chi connectivity index (χ0) is 55.0. The topological polar surface area (TPSA) is 149 Å². The second kappa shape index (κ2) is 57.2. The Hall–Kier alpha value is -1.07. The van der Waals surface area contributed by atoms with Crippen LogP contribution in [0.3, 0.4) is 0 Å². The molecule has 76 heavy (non-hydrogen) atoms. The van der Waals surface area contributed by atoms with Gasteiger partial charge >= 0.3 is 0 Å². The van der Waals surface area contributed by atoms with Crippen molar-refractivity contribution in [2.45, 2.75) is 397 Å². The molecule has 1 heterocycles. The molecule has 0 radical (unpaired) electrons. The Labute approximate surface area is 471 Å². The first-order valence-corrected chi connectivity index (χ1v) is 33.9. The van der Waals surface area contributed by atoms with Gasteiger partial charge in [-0.2, -0.15) is 0 Å². The Bertz CT molecular complexity index is 1200. The quantitative estimate of drug-likeness (QED) is 0.0261. The zero-order valence-corrected chi connectivity index (χ0v) is 50.5. The summed E-state index contributed by atoms with van der Waals surface area (Å²) in [5.74, 6) is -0.137. The van der Waals surface area contributed by atoms with Gasteiger partial charge in [-0.25, -0.2) is 0 Å². The van der Waals surface area contributed by atoms with Crippen molar-refractivity contribution < 1.29 is 39.8 Å². The van der Waals surface area contributed by atoms with Gasteiger partial charge in [0.25, 0.3) is 0 Å². The van der Waals surface area contributed by atoms with Gasteiger partial charge in [0.1, 0.15) is 24.4 Å². The van der Waals surface area contributed by atoms with Crippen LogP contribution in [-0.4, -0.2) is 87.5 Å². The summed E-state index contributed by atoms with van der Waals surface area (Å²) >= 11 is 0. The van der Waals surface area contributed by atoms with Crippen LogP contribution in [0.25, 0.3) is 0 Å². The van der Waals surface area contributed by atoms with E-state index in [1.807, 2.05) is 0 Å². The summed E-state index contributed by atoms with van der Waals surface area (Å²) in [5, 5.41) is 54.9. The van der Waals surface area contributed by atoms with E-state index in [1.165, 1.54) is 289 Å². The molecule has 0 aliphatic carbocycles. The van der Waals surface area contributed by atoms with Crippen molar-refractivity contribution in [3.63, 3.8) is 0 Å². The third-order valence-corrected chi connectivity index (χ3v) is 16.6. The maximum atomic E-state index is 13.1. The minimum atomic E-state index is -1.55. The monoisotopic (exact) mass is 1080 g/mol. The van der Waals surface area contributed by atoms with Crippen molar-refractivity contribution in [1.82, 2.24) is 5.32 Å². The maximum absolute atomic E-state index is 13.1. The number of rotatable bonds is 60. The van der Waals surface area contributed by atoms with Crippen molar-refractivity contribution in [2.75, 3.05) is 13.2 Å². The third kappa shape index (κ3) is 45.6. The highest BCUT2D eigenvalue weighted by molar-refractivity contribution is 5.76. The van der Waals surface area contributed by atoms with Crippen LogP contribution in [0.15, 0.2) is 12.2 Å². The number of ether oxygens (including phenoxy) is 2. The summed E-state index contributed by atoms with van der Waals surface area (Å²) in [6.45, 7) is 3.90. The van der Waals surface area contributed by atoms with Gasteiger partial charge in [-0.15, -0.1) is 0 Å². The number of hydrogen-bond donors (Lipinski definition) is 6. The number of allylic oxidation sites excluding steroid dienone is 2. The Morgan fingerprint density at radius 3 is 1.07 bits per heavy atom. The molecule has 1 rings (SSSR count). The standard InChI is InChI=1S/C67H131NO8/c1-3-5-7-9-11-13-15-17-19-21-23-25-27-29-30-31-32-33-35-37-39-41-43-45-47-49-51-53-55-57-63(71)68-60(59-75-67-66(74)65(73)64(72)62(58-69)76-67)61(70)56-54-52-50-48-46-44-42-40-38-36-34-28-26-24-22-20-18-16-14-12-10-8-6-4-2/h29-30,60-62,64-67,69-70,72-74H,3-28,31-59H2,1-2H3,(H,68,71)/b30-29-. The molecule has 1 saturated heterocycles. The summed E-state index contributed by atoms with van der Waals surface area (Å²) in [4.78, 5) is 13.1. The molecule has 1 aliphatic rings. The lowest BCUT2D eigenvalue weighted by Crippen LogP contribution is -2.60. The molecule has 0 aromatic rings. The van der Waals surface area contributed by atoms with Gasteiger partial charge in [0, 0.05) is 6.42 Å². The van der Waals surface area contributed by atoms with Crippen LogP contribution in [0, 0.1) is 0 Å². The Balaban J connectivity index is 2.12. The van der Waals surface area contributed by atoms with E-state index in [2.05, 4.69) is 31.3 Å². The molecule has 0 aromatic carbocycles. The number of carbonyl (C=O) groups excluding carboxylic acids is 1. The molecule has 1 fully saturated rings. The molecule has 9 nitrogen and oxygen atoms in total. The van der Waals surface area contributed by atoms with E-state index in [0.29, 0.717) is 12.8 Å². The zero-order valence-electron chi connectivity index (χ0n) is 50.5. The molecule has 0 spiro atoms. The SMILES string of the molecule is CCCCCCCCCCCCCC/C=C\CCCCCCCCCCCCCCCC(=O)NC(COC1OC(CO)C(O)C(O)C1O)C(O)CCCCCCCCCCCCCCCCCCCCCCCCCC. The Morgan fingerprint density at radius 2 is 0.737 bits per heavy atom. The number of aliphatic hydroxyl groups is 5. The highest BCUT2D eigenvalue weighted by atomic mass is 16.7. The van der Waals surface area contributed by atoms with Crippen LogP contribution in [-0.2, 0) is 14.3 Å². The minimum Gasteiger partial charge on any atom is -0.394 e. The number of unbranched alkanes of at least 4 members (excludes halogenated alkanes) is 48. The van der Waals surface area contributed by atoms with E-state index < -0.39 is 49.5 Å². The van der Waals surface area contributed by atoms with E-state index in [1.54, 1.807) is 0 Å². The second-order valence-corrected chi connectivity index (χ2v) is 24.0. The molecular weight excluding hydrogens is 947 g/mol. The van der Waals surface area contributed by atoms with Gasteiger partial charge in [0.2, 0.25) is 5.91 Å². The predicted molar refractivity (Wildman–Crippen MR) is 323 cm³/mol. The van der Waals surface area contributed by atoms with E-state index >= 15 is 0 Å². The summed E-state index contributed by atoms with van der Waals surface area (Å²) in [5.41, 5.74) is 0. The molecule has 7 atom stereocenters. The van der Waals surface area contributed by atoms with E-state index in [4.69, 9.17) is 9.47 Å². The van der Waals surface area contributed by atoms with Crippen LogP contribution in [0.5, 0.6) is 0 Å². The highest BCUT2D eigenvalue weighted by Crippen LogP contribution is 2.24. The fourth-order valence-corrected chi connectivity index (χ4v) is 11.3. The molecule has 6 N–H and O–H groups in total. The third-order valence-electron chi connectivity index (χ3n) is 16.6. The average molecular weight is 1080 g/mol. The maximum Gasteiger partial charge on any atom is 0.220 e. The second-order valence-electron chi connectivity index (χ2n) is 24.0. The van der Waals surface area contributed by atoms with Crippen LogP contribution >= 0.6 is 0 Å². The predicted octanol–water partition coefficient (Wildman–Crippen LogP) is 17.9. The van der Waals surface area contributed by atoms with E-state index in [9.17, 15) is 30.3 Å². The summed E-state index contributed by atoms with van der Waals surface area (Å²) < 4.78 is 11.4. The van der Waals surface area contributed by atoms with Crippen LogP contribution in [0.1, 0.15) is 354 Å². The van der Waals surface area contributed by atoms with Gasteiger partial charge < -0.3 is 40.3 Å². The van der Waals surface area contributed by atoms with Gasteiger partial charge in [-0.1, -0.05) is 321 Å². The Kier molecular flexibility index (Phi) is 54.9. The largest absolute Gasteiger partial charge is 0.394 e. The van der Waals surface area contributed by atoms with Crippen LogP contribution in [0.2, 0.25) is 0 Å². The van der Waals surface area contributed by atoms with Crippen molar-refractivity contribution in [3.05, 3.63) is 12.2 Å². The first-order valence-electron chi connectivity index (χ1n) is 33.9. The van der Waals surface area contributed by atoms with Crippen molar-refractivity contribution in [3.8, 4) is 0 Å². The normalized spacial score (nSPS) is 18.8. The van der Waals surface area contributed by atoms with Gasteiger partial charge in [-0.3, -0.25) is 4.79 Å². The van der Waals surface area contributed by atoms with E-state index in [-0.39, 0.29) is 12.5 Å². The fourth-order valence-electron chi connectivity index (χ4n) is 11.3. The van der Waals surface area contributed by atoms with Gasteiger partial charge in [0.05, 0.1) is 25.4 Å². The molecule has 0 saturated carbocycles. The number of nitrogens with one attached hydrogen (secondary N) is 1. The molecule has 1 amide bonds. The lowest BCUT2D eigenvalue weighted by Gasteiger charge is -2.40. The van der Waals surface area contributed by atoms with Crippen molar-refractivity contribution >= 4 is 5.91 Å². The molecule has 0 aromatic heterocycles. The number of hydrogen-bond acceptors (Lipinski definition) is 8.